The highest BCUT2D eigenvalue weighted by Crippen LogP contribution is 2.35. The normalized spacial score (nSPS) is 19.4. The van der Waals surface area contributed by atoms with Crippen molar-refractivity contribution in [3.05, 3.63) is 60.7 Å². The summed E-state index contributed by atoms with van der Waals surface area (Å²) in [5, 5.41) is 8.82. The zero-order valence-corrected chi connectivity index (χ0v) is 19.2. The van der Waals surface area contributed by atoms with E-state index in [4.69, 9.17) is 9.47 Å². The van der Waals surface area contributed by atoms with Crippen molar-refractivity contribution in [1.82, 2.24) is 15.1 Å². The molecular formula is C26H25N5O4. The average Bonchev–Trinajstić information content (AvgIpc) is 3.55. The minimum atomic E-state index is -0.296. The van der Waals surface area contributed by atoms with Crippen molar-refractivity contribution in [2.24, 2.45) is 5.92 Å². The molecule has 35 heavy (non-hydrogen) atoms. The second-order valence-corrected chi connectivity index (χ2v) is 8.90. The van der Waals surface area contributed by atoms with Gasteiger partial charge in [0.2, 0.25) is 18.6 Å². The topological polar surface area (TPSA) is 88.1 Å². The predicted molar refractivity (Wildman–Crippen MR) is 129 cm³/mol. The third-order valence-corrected chi connectivity index (χ3v) is 6.78. The van der Waals surface area contributed by atoms with Crippen molar-refractivity contribution in [3.8, 4) is 22.8 Å². The molecule has 1 unspecified atom stereocenters. The lowest BCUT2D eigenvalue weighted by Gasteiger charge is -2.36. The monoisotopic (exact) mass is 471 g/mol. The largest absolute Gasteiger partial charge is 0.454 e. The van der Waals surface area contributed by atoms with Gasteiger partial charge in [-0.2, -0.15) is 0 Å². The van der Waals surface area contributed by atoms with E-state index in [9.17, 15) is 9.59 Å². The van der Waals surface area contributed by atoms with E-state index in [1.165, 1.54) is 0 Å². The molecule has 0 bridgehead atoms. The summed E-state index contributed by atoms with van der Waals surface area (Å²) in [4.78, 5) is 31.4. The summed E-state index contributed by atoms with van der Waals surface area (Å²) in [5.74, 6) is 2.00. The van der Waals surface area contributed by atoms with Gasteiger partial charge in [-0.3, -0.25) is 9.59 Å². The first kappa shape index (κ1) is 21.4. The van der Waals surface area contributed by atoms with Gasteiger partial charge in [-0.05, 0) is 42.5 Å². The Morgan fingerprint density at radius 1 is 0.886 bits per heavy atom. The first-order chi connectivity index (χ1) is 17.2. The second-order valence-electron chi connectivity index (χ2n) is 8.90. The van der Waals surface area contributed by atoms with E-state index in [0.717, 1.165) is 28.5 Å². The Balaban J connectivity index is 1.06. The molecule has 0 spiro atoms. The van der Waals surface area contributed by atoms with E-state index >= 15 is 0 Å². The Kier molecular flexibility index (Phi) is 5.44. The molecule has 2 fully saturated rings. The van der Waals surface area contributed by atoms with Crippen LogP contribution in [0.4, 0.5) is 11.5 Å². The molecule has 0 N–H and O–H groups in total. The maximum Gasteiger partial charge on any atom is 0.231 e. The SMILES string of the molecule is O=C(C1CC(=O)N(c2ccccc2)C1)N1CCN(c2ccc(-c3ccc4c(c3)OCO4)nn2)CC1. The van der Waals surface area contributed by atoms with Crippen LogP contribution in [0.25, 0.3) is 11.3 Å². The van der Waals surface area contributed by atoms with Crippen molar-refractivity contribution in [3.63, 3.8) is 0 Å². The van der Waals surface area contributed by atoms with Crippen molar-refractivity contribution < 1.29 is 19.1 Å². The van der Waals surface area contributed by atoms with Gasteiger partial charge in [0.1, 0.15) is 0 Å². The minimum Gasteiger partial charge on any atom is -0.454 e. The number of nitrogens with zero attached hydrogens (tertiary/aromatic N) is 5. The van der Waals surface area contributed by atoms with E-state index in [1.807, 2.05) is 65.6 Å². The standard InChI is InChI=1S/C26H25N5O4/c32-25-15-19(16-31(25)20-4-2-1-3-5-20)26(33)30-12-10-29(11-13-30)24-9-7-21(27-28-24)18-6-8-22-23(14-18)35-17-34-22/h1-9,14,19H,10-13,15-17H2. The number of piperazine rings is 1. The summed E-state index contributed by atoms with van der Waals surface area (Å²) in [6.45, 7) is 3.22. The van der Waals surface area contributed by atoms with E-state index in [1.54, 1.807) is 4.90 Å². The highest BCUT2D eigenvalue weighted by atomic mass is 16.7. The summed E-state index contributed by atoms with van der Waals surface area (Å²) in [6, 6.07) is 19.2. The van der Waals surface area contributed by atoms with Crippen LogP contribution in [-0.4, -0.2) is 66.4 Å². The lowest BCUT2D eigenvalue weighted by Crippen LogP contribution is -2.51. The number of hydrogen-bond acceptors (Lipinski definition) is 7. The van der Waals surface area contributed by atoms with E-state index in [0.29, 0.717) is 38.5 Å². The van der Waals surface area contributed by atoms with Crippen LogP contribution in [0, 0.1) is 5.92 Å². The van der Waals surface area contributed by atoms with Gasteiger partial charge in [-0.25, -0.2) is 0 Å². The molecule has 6 rings (SSSR count). The number of benzene rings is 2. The maximum atomic E-state index is 13.1. The van der Waals surface area contributed by atoms with Gasteiger partial charge in [0, 0.05) is 50.4 Å². The molecule has 178 valence electrons. The quantitative estimate of drug-likeness (QED) is 0.578. The fraction of sp³-hybridized carbons (Fsp3) is 0.308. The lowest BCUT2D eigenvalue weighted by molar-refractivity contribution is -0.136. The van der Waals surface area contributed by atoms with Gasteiger partial charge in [0.15, 0.2) is 17.3 Å². The summed E-state index contributed by atoms with van der Waals surface area (Å²) in [6.07, 6.45) is 0.265. The van der Waals surface area contributed by atoms with Crippen LogP contribution in [0.1, 0.15) is 6.42 Å². The molecule has 1 atom stereocenters. The molecule has 9 heteroatoms. The smallest absolute Gasteiger partial charge is 0.231 e. The zero-order chi connectivity index (χ0) is 23.8. The number of ether oxygens (including phenoxy) is 2. The number of para-hydroxylation sites is 1. The molecule has 3 aliphatic heterocycles. The number of amides is 2. The number of anilines is 2. The van der Waals surface area contributed by atoms with E-state index in [2.05, 4.69) is 15.1 Å². The van der Waals surface area contributed by atoms with Crippen molar-refractivity contribution in [2.45, 2.75) is 6.42 Å². The Bertz CT molecular complexity index is 1240. The summed E-state index contributed by atoms with van der Waals surface area (Å²) in [7, 11) is 0. The Hall–Kier alpha value is -4.14. The summed E-state index contributed by atoms with van der Waals surface area (Å²) in [5.41, 5.74) is 2.52. The van der Waals surface area contributed by atoms with Crippen LogP contribution in [0.3, 0.4) is 0 Å². The first-order valence-corrected chi connectivity index (χ1v) is 11.8. The number of hydrogen-bond donors (Lipinski definition) is 0. The third kappa shape index (κ3) is 4.14. The molecule has 2 amide bonds. The Morgan fingerprint density at radius 2 is 1.69 bits per heavy atom. The zero-order valence-electron chi connectivity index (χ0n) is 19.2. The van der Waals surface area contributed by atoms with Crippen LogP contribution in [-0.2, 0) is 9.59 Å². The molecule has 1 aromatic heterocycles. The number of fused-ring (bicyclic) bond motifs is 1. The van der Waals surface area contributed by atoms with Crippen LogP contribution >= 0.6 is 0 Å². The van der Waals surface area contributed by atoms with Gasteiger partial charge >= 0.3 is 0 Å². The number of carbonyl (C=O) groups is 2. The van der Waals surface area contributed by atoms with Crippen molar-refractivity contribution in [2.75, 3.05) is 49.3 Å². The van der Waals surface area contributed by atoms with Gasteiger partial charge in [-0.15, -0.1) is 10.2 Å². The molecule has 0 radical (unpaired) electrons. The number of aromatic nitrogens is 2. The van der Waals surface area contributed by atoms with Gasteiger partial charge in [0.05, 0.1) is 11.6 Å². The molecule has 4 heterocycles. The summed E-state index contributed by atoms with van der Waals surface area (Å²) < 4.78 is 10.8. The van der Waals surface area contributed by atoms with Crippen LogP contribution < -0.4 is 19.3 Å². The lowest BCUT2D eigenvalue weighted by atomic mass is 10.1. The molecule has 3 aromatic rings. The van der Waals surface area contributed by atoms with Crippen molar-refractivity contribution in [1.29, 1.82) is 0 Å². The molecule has 2 aromatic carbocycles. The van der Waals surface area contributed by atoms with Gasteiger partial charge < -0.3 is 24.2 Å². The molecule has 9 nitrogen and oxygen atoms in total. The number of rotatable bonds is 4. The molecule has 0 aliphatic carbocycles. The average molecular weight is 472 g/mol. The Labute approximate surface area is 202 Å². The molecule has 0 saturated carbocycles. The first-order valence-electron chi connectivity index (χ1n) is 11.8. The van der Waals surface area contributed by atoms with Crippen LogP contribution in [0.15, 0.2) is 60.7 Å². The van der Waals surface area contributed by atoms with Crippen molar-refractivity contribution >= 4 is 23.3 Å². The molecule has 2 saturated heterocycles. The van der Waals surface area contributed by atoms with Crippen LogP contribution in [0.5, 0.6) is 11.5 Å². The highest BCUT2D eigenvalue weighted by molar-refractivity contribution is 6.00. The number of carbonyl (C=O) groups excluding carboxylic acids is 2. The third-order valence-electron chi connectivity index (χ3n) is 6.78. The maximum absolute atomic E-state index is 13.1. The fourth-order valence-electron chi connectivity index (χ4n) is 4.85. The highest BCUT2D eigenvalue weighted by Gasteiger charge is 2.38. The van der Waals surface area contributed by atoms with E-state index < -0.39 is 0 Å². The van der Waals surface area contributed by atoms with Gasteiger partial charge in [0.25, 0.3) is 0 Å². The Morgan fingerprint density at radius 3 is 2.46 bits per heavy atom. The van der Waals surface area contributed by atoms with Gasteiger partial charge in [-0.1, -0.05) is 18.2 Å². The fourth-order valence-corrected chi connectivity index (χ4v) is 4.85. The van der Waals surface area contributed by atoms with Crippen LogP contribution in [0.2, 0.25) is 0 Å². The predicted octanol–water partition coefficient (Wildman–Crippen LogP) is 2.57. The summed E-state index contributed by atoms with van der Waals surface area (Å²) >= 11 is 0. The molecular weight excluding hydrogens is 446 g/mol. The molecule has 3 aliphatic rings. The second kappa shape index (κ2) is 8.90. The minimum absolute atomic E-state index is 0.00556. The van der Waals surface area contributed by atoms with E-state index in [-0.39, 0.29) is 30.9 Å².